The number of hydrogen-bond donors (Lipinski definition) is 2. The molecule has 0 fully saturated rings. The van der Waals surface area contributed by atoms with Crippen molar-refractivity contribution in [2.75, 3.05) is 13.2 Å². The number of aliphatic hydroxyl groups excluding tert-OH is 2. The second-order valence-electron chi connectivity index (χ2n) is 5.54. The summed E-state index contributed by atoms with van der Waals surface area (Å²) in [5.74, 6) is -0.0203. The fourth-order valence-electron chi connectivity index (χ4n) is 1.76. The van der Waals surface area contributed by atoms with Gasteiger partial charge < -0.3 is 20.8 Å². The van der Waals surface area contributed by atoms with Gasteiger partial charge in [-0.25, -0.2) is 0 Å². The number of nitrogens with zero attached hydrogens (tertiary/aromatic N) is 2. The van der Waals surface area contributed by atoms with Gasteiger partial charge in [0.2, 0.25) is 0 Å². The normalized spacial score (nSPS) is 13.6. The summed E-state index contributed by atoms with van der Waals surface area (Å²) in [4.78, 5) is 21.2. The molecule has 0 aromatic rings. The van der Waals surface area contributed by atoms with Crippen molar-refractivity contribution in [2.45, 2.75) is 66.5 Å². The Morgan fingerprint density at radius 2 is 1.08 bits per heavy atom. The van der Waals surface area contributed by atoms with E-state index in [0.29, 0.717) is 11.4 Å². The van der Waals surface area contributed by atoms with Gasteiger partial charge in [-0.2, -0.15) is 11.4 Å². The fraction of sp³-hybridized carbons (Fsp3) is 0.667. The van der Waals surface area contributed by atoms with Crippen molar-refractivity contribution >= 4 is 11.6 Å². The number of hydrogen-bond acceptors (Lipinski definition) is 4. The predicted molar refractivity (Wildman–Crippen MR) is 97.9 cm³/mol. The van der Waals surface area contributed by atoms with E-state index >= 15 is 0 Å². The van der Waals surface area contributed by atoms with Crippen molar-refractivity contribution in [1.82, 2.24) is 0 Å². The molecule has 142 valence electrons. The standard InChI is InChI=1S/2C9H17NO2.Ti/c2*1-4-9(6-11)10-7(2)5-8(3)12;/h2*5,9,11H,4,6H2,1-3H3,(H,10,12);/q;;+2/p-2. The zero-order chi connectivity index (χ0) is 19.1. The summed E-state index contributed by atoms with van der Waals surface area (Å²) >= 11 is 0. The number of aliphatic hydroxyl groups is 2. The third-order valence-corrected chi connectivity index (χ3v) is 2.96. The predicted octanol–water partition coefficient (Wildman–Crippen LogP) is 3.25. The number of carbonyl (C=O) groups is 2. The third-order valence-electron chi connectivity index (χ3n) is 2.96. The maximum atomic E-state index is 10.6. The van der Waals surface area contributed by atoms with Crippen LogP contribution in [0.4, 0.5) is 0 Å². The van der Waals surface area contributed by atoms with Gasteiger partial charge in [0, 0.05) is 13.2 Å². The molecule has 0 amide bonds. The van der Waals surface area contributed by atoms with E-state index in [1.165, 1.54) is 26.0 Å². The Morgan fingerprint density at radius 3 is 1.24 bits per heavy atom. The molecule has 6 nitrogen and oxygen atoms in total. The molecule has 0 aromatic carbocycles. The van der Waals surface area contributed by atoms with E-state index in [2.05, 4.69) is 10.6 Å². The molecular weight excluding hydrogens is 356 g/mol. The van der Waals surface area contributed by atoms with Crippen molar-refractivity contribution in [3.05, 3.63) is 34.2 Å². The zero-order valence-electron chi connectivity index (χ0n) is 16.2. The van der Waals surface area contributed by atoms with Gasteiger partial charge in [0.05, 0.1) is 0 Å². The van der Waals surface area contributed by atoms with E-state index in [1.807, 2.05) is 13.8 Å². The zero-order valence-corrected chi connectivity index (χ0v) is 17.8. The molecule has 2 N–H and O–H groups in total. The molecule has 0 bridgehead atoms. The second kappa shape index (κ2) is 17.9. The fourth-order valence-corrected chi connectivity index (χ4v) is 1.76. The summed E-state index contributed by atoms with van der Waals surface area (Å²) in [7, 11) is 0. The number of rotatable bonds is 10. The summed E-state index contributed by atoms with van der Waals surface area (Å²) < 4.78 is 0. The smallest absolute Gasteiger partial charge is 0.683 e. The molecule has 0 aliphatic rings. The molecule has 0 aliphatic heterocycles. The van der Waals surface area contributed by atoms with Crippen LogP contribution in [0.3, 0.4) is 0 Å². The van der Waals surface area contributed by atoms with Crippen LogP contribution in [-0.4, -0.2) is 47.1 Å². The molecular formula is C18H32N2O4Ti. The Hall–Kier alpha value is -0.946. The monoisotopic (exact) mass is 388 g/mol. The first kappa shape index (κ1) is 28.8. The quantitative estimate of drug-likeness (QED) is 0.443. The molecule has 0 rings (SSSR count). The van der Waals surface area contributed by atoms with Crippen LogP contribution in [0.5, 0.6) is 0 Å². The van der Waals surface area contributed by atoms with Crippen LogP contribution in [0, 0.1) is 0 Å². The van der Waals surface area contributed by atoms with Crippen LogP contribution in [0.1, 0.15) is 54.4 Å². The Balaban J connectivity index is -0.000000372. The van der Waals surface area contributed by atoms with Crippen LogP contribution in [0.2, 0.25) is 0 Å². The molecule has 0 aromatic heterocycles. The van der Waals surface area contributed by atoms with E-state index in [-0.39, 0.29) is 58.6 Å². The van der Waals surface area contributed by atoms with Gasteiger partial charge >= 0.3 is 21.7 Å². The maximum absolute atomic E-state index is 10.6. The van der Waals surface area contributed by atoms with E-state index in [1.54, 1.807) is 13.8 Å². The van der Waals surface area contributed by atoms with E-state index in [9.17, 15) is 9.59 Å². The molecule has 7 heteroatoms. The molecule has 25 heavy (non-hydrogen) atoms. The minimum atomic E-state index is -0.0689. The van der Waals surface area contributed by atoms with Crippen LogP contribution in [-0.2, 0) is 31.3 Å². The number of ketones is 2. The van der Waals surface area contributed by atoms with Crippen molar-refractivity contribution in [3.63, 3.8) is 0 Å². The topological polar surface area (TPSA) is 103 Å². The summed E-state index contributed by atoms with van der Waals surface area (Å²) in [6, 6.07) is -0.138. The van der Waals surface area contributed by atoms with E-state index < -0.39 is 0 Å². The third kappa shape index (κ3) is 19.2. The molecule has 0 aliphatic carbocycles. The molecule has 0 radical (unpaired) electrons. The number of allylic oxidation sites excluding steroid dienone is 4. The first-order valence-corrected chi connectivity index (χ1v) is 8.21. The maximum Gasteiger partial charge on any atom is 2.00 e. The first-order chi connectivity index (χ1) is 11.2. The Labute approximate surface area is 167 Å². The molecule has 2 unspecified atom stereocenters. The van der Waals surface area contributed by atoms with Crippen LogP contribution >= 0.6 is 0 Å². The average Bonchev–Trinajstić information content (AvgIpc) is 2.49. The van der Waals surface area contributed by atoms with Gasteiger partial charge in [-0.1, -0.05) is 52.6 Å². The SMILES string of the molecule is CCC(CO)[N-]C(C)=CC(C)=O.CCC(CO)[N-]C(C)=CC(C)=O.[Ti+2]. The number of carbonyl (C=O) groups excluding carboxylic acids is 2. The molecule has 0 heterocycles. The van der Waals surface area contributed by atoms with Gasteiger partial charge in [0.1, 0.15) is 0 Å². The van der Waals surface area contributed by atoms with Crippen molar-refractivity contribution in [2.24, 2.45) is 0 Å². The molecule has 0 saturated heterocycles. The first-order valence-electron chi connectivity index (χ1n) is 8.21. The van der Waals surface area contributed by atoms with Gasteiger partial charge in [-0.05, 0) is 26.0 Å². The van der Waals surface area contributed by atoms with Gasteiger partial charge in [0.15, 0.2) is 11.6 Å². The molecule has 0 saturated carbocycles. The van der Waals surface area contributed by atoms with Crippen molar-refractivity contribution in [1.29, 1.82) is 0 Å². The Morgan fingerprint density at radius 1 is 0.800 bits per heavy atom. The van der Waals surface area contributed by atoms with Crippen molar-refractivity contribution in [3.8, 4) is 0 Å². The van der Waals surface area contributed by atoms with Crippen LogP contribution in [0.25, 0.3) is 10.6 Å². The Bertz CT molecular complexity index is 389. The van der Waals surface area contributed by atoms with E-state index in [0.717, 1.165) is 12.8 Å². The molecule has 2 atom stereocenters. The van der Waals surface area contributed by atoms with Gasteiger partial charge in [-0.3, -0.25) is 9.59 Å². The summed E-state index contributed by atoms with van der Waals surface area (Å²) in [5, 5.41) is 25.9. The largest absolute Gasteiger partial charge is 2.00 e. The van der Waals surface area contributed by atoms with Gasteiger partial charge in [0.25, 0.3) is 0 Å². The van der Waals surface area contributed by atoms with Crippen LogP contribution in [0.15, 0.2) is 23.5 Å². The summed E-state index contributed by atoms with van der Waals surface area (Å²) in [6.45, 7) is 10.5. The minimum Gasteiger partial charge on any atom is -0.683 e. The minimum absolute atomic E-state index is 0. The Kier molecular flexibility index (Phi) is 20.6. The van der Waals surface area contributed by atoms with Gasteiger partial charge in [-0.15, -0.1) is 0 Å². The van der Waals surface area contributed by atoms with E-state index in [4.69, 9.17) is 10.2 Å². The summed E-state index contributed by atoms with van der Waals surface area (Å²) in [5.41, 5.74) is 1.37. The van der Waals surface area contributed by atoms with Crippen molar-refractivity contribution < 1.29 is 41.5 Å². The summed E-state index contributed by atoms with van der Waals surface area (Å²) in [6.07, 6.45) is 4.52. The molecule has 0 spiro atoms. The van der Waals surface area contributed by atoms with Crippen LogP contribution < -0.4 is 0 Å². The average molecular weight is 388 g/mol. The second-order valence-corrected chi connectivity index (χ2v) is 5.54.